The van der Waals surface area contributed by atoms with Crippen LogP contribution in [0.5, 0.6) is 0 Å². The molecule has 0 unspecified atom stereocenters. The standard InChI is InChI=1S/C26H20N2O3.C6H14.2C2H6.H2/c1-2-23(19-4-3-5-19)26(30)28-22(16-27)14-17-6-8-18(9-7-17)20-10-12-24-21(15-20)11-13-25(29)31-24;1-3-5-6-4-2;2*1-2;/h3-10,12,15,22-23H,2,14H2,1H3,(H,28,30);3-6H2,1-2H3;2*1-2H3;1H/t22-,23+;;;;/m0..../s1. The number of nitrogens with zero attached hydrogens (tertiary/aromatic N) is 1. The van der Waals surface area contributed by atoms with Crippen LogP contribution >= 0.6 is 0 Å². The fraction of sp³-hybridized carbons (Fsp3) is 0.417. The summed E-state index contributed by atoms with van der Waals surface area (Å²) in [6.07, 6.45) is 12.4. The molecule has 1 amide bonds. The number of carbonyl (C=O) groups excluding carboxylic acids is 1. The highest BCUT2D eigenvalue weighted by molar-refractivity contribution is 5.84. The molecule has 1 N–H and O–H groups in total. The van der Waals surface area contributed by atoms with Crippen molar-refractivity contribution in [3.8, 4) is 17.2 Å². The molecule has 0 spiro atoms. The SMILES string of the molecule is CC.CC.CCCCCC.CC[C@@H](C(=O)N[C@H](C#N)Cc1ccc(-c2ccc3oc(=O)c#cc3c2)cc1)C1=CC=C1.[HH]. The number of unbranched alkanes of at least 4 members (excludes halogenated alkanes) is 3. The number of benzene rings is 2. The Hall–Kier alpha value is -4.09. The van der Waals surface area contributed by atoms with Gasteiger partial charge in [-0.2, -0.15) is 5.26 Å². The van der Waals surface area contributed by atoms with Crippen LogP contribution in [0.2, 0.25) is 0 Å². The minimum absolute atomic E-state index is 0. The quantitative estimate of drug-likeness (QED) is 0.253. The second-order valence-electron chi connectivity index (χ2n) is 9.14. The fourth-order valence-electron chi connectivity index (χ4n) is 4.12. The highest BCUT2D eigenvalue weighted by Gasteiger charge is 2.23. The van der Waals surface area contributed by atoms with Crippen LogP contribution in [0.4, 0.5) is 0 Å². The van der Waals surface area contributed by atoms with E-state index < -0.39 is 11.7 Å². The van der Waals surface area contributed by atoms with Crippen molar-refractivity contribution in [2.75, 3.05) is 0 Å². The maximum Gasteiger partial charge on any atom is 0.390 e. The second kappa shape index (κ2) is 19.9. The third-order valence-corrected chi connectivity index (χ3v) is 6.34. The molecule has 5 heteroatoms. The zero-order valence-corrected chi connectivity index (χ0v) is 25.8. The molecule has 1 heterocycles. The van der Waals surface area contributed by atoms with Crippen molar-refractivity contribution < 1.29 is 10.6 Å². The lowest BCUT2D eigenvalue weighted by Crippen LogP contribution is -2.40. The summed E-state index contributed by atoms with van der Waals surface area (Å²) in [5, 5.41) is 13.1. The number of hydrogen-bond donors (Lipinski definition) is 1. The Balaban J connectivity index is 0.00000134. The average molecular weight is 557 g/mol. The van der Waals surface area contributed by atoms with Gasteiger partial charge in [0.2, 0.25) is 5.91 Å². The van der Waals surface area contributed by atoms with Crippen molar-refractivity contribution in [2.45, 2.75) is 93.0 Å². The molecule has 2 atom stereocenters. The van der Waals surface area contributed by atoms with Gasteiger partial charge in [-0.3, -0.25) is 4.79 Å². The Kier molecular flexibility index (Phi) is 16.9. The van der Waals surface area contributed by atoms with Crippen LogP contribution in [0, 0.1) is 29.4 Å². The number of fused-ring (bicyclic) bond motifs is 1. The maximum atomic E-state index is 12.6. The van der Waals surface area contributed by atoms with E-state index in [4.69, 9.17) is 4.42 Å². The van der Waals surface area contributed by atoms with E-state index >= 15 is 0 Å². The molecule has 0 saturated carbocycles. The van der Waals surface area contributed by atoms with Gasteiger partial charge in [-0.25, -0.2) is 4.79 Å². The number of hydrogen-bond acceptors (Lipinski definition) is 4. The van der Waals surface area contributed by atoms with Crippen LogP contribution in [0.1, 0.15) is 87.6 Å². The summed E-state index contributed by atoms with van der Waals surface area (Å²) in [5.74, 6) is -0.327. The van der Waals surface area contributed by atoms with Gasteiger partial charge in [-0.15, -0.1) is 0 Å². The molecule has 0 saturated heterocycles. The summed E-state index contributed by atoms with van der Waals surface area (Å²) in [6, 6.07) is 20.2. The summed E-state index contributed by atoms with van der Waals surface area (Å²) >= 11 is 0. The summed E-state index contributed by atoms with van der Waals surface area (Å²) < 4.78 is 5.10. The minimum Gasteiger partial charge on any atom is -0.416 e. The van der Waals surface area contributed by atoms with Gasteiger partial charge < -0.3 is 9.73 Å². The fourth-order valence-corrected chi connectivity index (χ4v) is 4.12. The van der Waals surface area contributed by atoms with Gasteiger partial charge >= 0.3 is 5.63 Å². The smallest absolute Gasteiger partial charge is 0.390 e. The molecular formula is C36H48N2O3. The van der Waals surface area contributed by atoms with Gasteiger partial charge in [0.1, 0.15) is 11.6 Å². The van der Waals surface area contributed by atoms with Crippen LogP contribution < -0.4 is 10.9 Å². The molecule has 0 bridgehead atoms. The number of carbonyl (C=O) groups is 1. The first-order valence-corrected chi connectivity index (χ1v) is 15.0. The molecule has 1 aliphatic rings. The van der Waals surface area contributed by atoms with E-state index in [1.807, 2.05) is 89.2 Å². The lowest BCUT2D eigenvalue weighted by molar-refractivity contribution is -0.124. The predicted molar refractivity (Wildman–Crippen MR) is 172 cm³/mol. The van der Waals surface area contributed by atoms with Gasteiger partial charge in [0.25, 0.3) is 0 Å². The molecule has 4 rings (SSSR count). The van der Waals surface area contributed by atoms with Crippen LogP contribution in [-0.4, -0.2) is 11.9 Å². The van der Waals surface area contributed by atoms with E-state index in [2.05, 4.69) is 37.4 Å². The molecular weight excluding hydrogens is 508 g/mol. The van der Waals surface area contributed by atoms with E-state index in [1.165, 1.54) is 25.7 Å². The lowest BCUT2D eigenvalue weighted by Gasteiger charge is -2.21. The average Bonchev–Trinajstić information content (AvgIpc) is 2.99. The summed E-state index contributed by atoms with van der Waals surface area (Å²) in [6.45, 7) is 14.4. The largest absolute Gasteiger partial charge is 0.416 e. The Bertz CT molecular complexity index is 1350. The number of nitriles is 1. The highest BCUT2D eigenvalue weighted by atomic mass is 16.4. The van der Waals surface area contributed by atoms with Gasteiger partial charge in [-0.05, 0) is 40.8 Å². The van der Waals surface area contributed by atoms with Crippen molar-refractivity contribution in [2.24, 2.45) is 5.92 Å². The van der Waals surface area contributed by atoms with Crippen molar-refractivity contribution in [3.63, 3.8) is 0 Å². The van der Waals surface area contributed by atoms with Crippen molar-refractivity contribution in [3.05, 3.63) is 94.4 Å². The third kappa shape index (κ3) is 11.1. The number of allylic oxidation sites excluding steroid dienone is 3. The van der Waals surface area contributed by atoms with Crippen LogP contribution in [-0.2, 0) is 11.2 Å². The zero-order valence-electron chi connectivity index (χ0n) is 25.8. The third-order valence-electron chi connectivity index (χ3n) is 6.34. The van der Waals surface area contributed by atoms with Crippen molar-refractivity contribution in [1.82, 2.24) is 5.32 Å². The first-order chi connectivity index (χ1) is 20.0. The second-order valence-corrected chi connectivity index (χ2v) is 9.14. The normalized spacial score (nSPS) is 12.2. The predicted octanol–water partition coefficient (Wildman–Crippen LogP) is 9.02. The number of nitrogens with one attached hydrogen (secondary N) is 1. The first-order valence-electron chi connectivity index (χ1n) is 15.0. The lowest BCUT2D eigenvalue weighted by atomic mass is 9.90. The molecule has 3 aromatic rings. The van der Waals surface area contributed by atoms with Gasteiger partial charge in [0, 0.05) is 13.9 Å². The Morgan fingerprint density at radius 1 is 0.976 bits per heavy atom. The molecule has 220 valence electrons. The topological polar surface area (TPSA) is 83.1 Å². The Morgan fingerprint density at radius 3 is 2.10 bits per heavy atom. The van der Waals surface area contributed by atoms with Gasteiger partial charge in [-0.1, -0.05) is 129 Å². The van der Waals surface area contributed by atoms with E-state index in [0.29, 0.717) is 23.8 Å². The van der Waals surface area contributed by atoms with E-state index in [-0.39, 0.29) is 13.3 Å². The molecule has 0 aliphatic heterocycles. The highest BCUT2D eigenvalue weighted by Crippen LogP contribution is 2.25. The Labute approximate surface area is 248 Å². The van der Waals surface area contributed by atoms with Crippen LogP contribution in [0.15, 0.2) is 75.5 Å². The van der Waals surface area contributed by atoms with E-state index in [0.717, 1.165) is 22.3 Å². The molecule has 5 nitrogen and oxygen atoms in total. The Morgan fingerprint density at radius 2 is 1.59 bits per heavy atom. The molecule has 0 radical (unpaired) electrons. The molecule has 2 aromatic carbocycles. The van der Waals surface area contributed by atoms with Crippen molar-refractivity contribution in [1.29, 1.82) is 5.26 Å². The molecule has 1 aromatic heterocycles. The summed E-state index contributed by atoms with van der Waals surface area (Å²) in [7, 11) is 0. The van der Waals surface area contributed by atoms with Crippen LogP contribution in [0.25, 0.3) is 22.1 Å². The summed E-state index contributed by atoms with van der Waals surface area (Å²) in [5.41, 5.74) is 3.82. The minimum atomic E-state index is -0.592. The van der Waals surface area contributed by atoms with E-state index in [9.17, 15) is 14.9 Å². The monoisotopic (exact) mass is 556 g/mol. The van der Waals surface area contributed by atoms with Gasteiger partial charge in [0.05, 0.1) is 17.4 Å². The molecule has 0 fully saturated rings. The van der Waals surface area contributed by atoms with Crippen LogP contribution in [0.3, 0.4) is 0 Å². The number of amides is 1. The zero-order chi connectivity index (χ0) is 30.6. The molecule has 1 aliphatic carbocycles. The first kappa shape index (κ1) is 34.9. The van der Waals surface area contributed by atoms with Crippen molar-refractivity contribution >= 4 is 16.9 Å². The number of rotatable bonds is 10. The maximum absolute atomic E-state index is 12.6. The summed E-state index contributed by atoms with van der Waals surface area (Å²) in [4.78, 5) is 23.8. The van der Waals surface area contributed by atoms with Gasteiger partial charge in [0.15, 0.2) is 0 Å². The molecule has 41 heavy (non-hydrogen) atoms. The van der Waals surface area contributed by atoms with E-state index in [1.54, 1.807) is 6.07 Å².